The van der Waals surface area contributed by atoms with Crippen LogP contribution in [0.25, 0.3) is 33.7 Å². The third-order valence-corrected chi connectivity index (χ3v) is 6.40. The van der Waals surface area contributed by atoms with Gasteiger partial charge in [-0.3, -0.25) is 10.1 Å². The number of nitrogens with zero attached hydrogens (tertiary/aromatic N) is 2. The van der Waals surface area contributed by atoms with Crippen molar-refractivity contribution in [2.45, 2.75) is 0 Å². The van der Waals surface area contributed by atoms with E-state index >= 15 is 0 Å². The number of hydrogen-bond acceptors (Lipinski definition) is 7. The number of esters is 1. The Labute approximate surface area is 214 Å². The first kappa shape index (κ1) is 23.5. The molecule has 2 N–H and O–H groups in total. The average Bonchev–Trinajstić information content (AvgIpc) is 3.54. The highest BCUT2D eigenvalue weighted by Gasteiger charge is 2.15. The second-order valence-electron chi connectivity index (χ2n) is 7.69. The van der Waals surface area contributed by atoms with Crippen molar-refractivity contribution in [3.8, 4) is 28.4 Å². The molecule has 0 aliphatic rings. The van der Waals surface area contributed by atoms with Crippen molar-refractivity contribution >= 4 is 51.0 Å². The third kappa shape index (κ3) is 5.07. The number of amides is 1. The molecule has 0 atom stereocenters. The molecule has 5 aromatic rings. The Morgan fingerprint density at radius 2 is 1.86 bits per heavy atom. The van der Waals surface area contributed by atoms with Gasteiger partial charge in [0, 0.05) is 21.5 Å². The van der Waals surface area contributed by atoms with Crippen LogP contribution in [0.3, 0.4) is 0 Å². The molecule has 0 saturated carbocycles. The first-order chi connectivity index (χ1) is 17.5. The molecule has 0 unspecified atom stereocenters. The summed E-state index contributed by atoms with van der Waals surface area (Å²) in [5.41, 5.74) is 3.98. The number of methoxy groups -OCH3 is 1. The molecule has 2 heterocycles. The summed E-state index contributed by atoms with van der Waals surface area (Å²) in [4.78, 5) is 37.0. The summed E-state index contributed by atoms with van der Waals surface area (Å²) in [7, 11) is 1.61. The first-order valence-electron chi connectivity index (χ1n) is 10.8. The van der Waals surface area contributed by atoms with E-state index in [9.17, 15) is 9.59 Å². The van der Waals surface area contributed by atoms with Crippen LogP contribution in [0.2, 0.25) is 5.02 Å². The van der Waals surface area contributed by atoms with Gasteiger partial charge in [0.1, 0.15) is 11.6 Å². The molecule has 36 heavy (non-hydrogen) atoms. The fourth-order valence-electron chi connectivity index (χ4n) is 3.52. The van der Waals surface area contributed by atoms with Crippen LogP contribution in [0.15, 0.2) is 72.1 Å². The third-order valence-electron chi connectivity index (χ3n) is 5.32. The number of ether oxygens (including phenoxy) is 2. The van der Waals surface area contributed by atoms with Crippen LogP contribution < -0.4 is 10.1 Å². The van der Waals surface area contributed by atoms with Gasteiger partial charge in [-0.15, -0.1) is 11.3 Å². The molecule has 5 rings (SSSR count). The summed E-state index contributed by atoms with van der Waals surface area (Å²) >= 11 is 7.46. The number of nitrogens with one attached hydrogen (secondary N) is 2. The van der Waals surface area contributed by atoms with E-state index in [1.807, 2.05) is 42.5 Å². The Kier molecular flexibility index (Phi) is 6.66. The number of hydrogen-bond donors (Lipinski definition) is 2. The Morgan fingerprint density at radius 1 is 1.06 bits per heavy atom. The predicted molar refractivity (Wildman–Crippen MR) is 140 cm³/mol. The minimum atomic E-state index is -0.622. The van der Waals surface area contributed by atoms with Gasteiger partial charge in [-0.2, -0.15) is 0 Å². The van der Waals surface area contributed by atoms with Crippen molar-refractivity contribution < 1.29 is 19.1 Å². The minimum Gasteiger partial charge on any atom is -0.497 e. The van der Waals surface area contributed by atoms with Crippen LogP contribution in [0.1, 0.15) is 10.4 Å². The molecule has 8 nitrogen and oxygen atoms in total. The smallest absolute Gasteiger partial charge is 0.338 e. The highest BCUT2D eigenvalue weighted by molar-refractivity contribution is 7.14. The molecule has 0 aliphatic carbocycles. The molecule has 3 aromatic carbocycles. The van der Waals surface area contributed by atoms with Crippen LogP contribution in [0.5, 0.6) is 5.75 Å². The molecular formula is C26H19ClN4O4S. The van der Waals surface area contributed by atoms with E-state index in [1.54, 1.807) is 36.8 Å². The van der Waals surface area contributed by atoms with Gasteiger partial charge in [0.2, 0.25) is 0 Å². The van der Waals surface area contributed by atoms with Crippen LogP contribution in [-0.4, -0.2) is 40.5 Å². The average molecular weight is 519 g/mol. The van der Waals surface area contributed by atoms with E-state index < -0.39 is 18.5 Å². The van der Waals surface area contributed by atoms with Gasteiger partial charge in [0.15, 0.2) is 11.7 Å². The number of carbonyl (C=O) groups is 2. The van der Waals surface area contributed by atoms with Gasteiger partial charge in [-0.25, -0.2) is 14.8 Å². The summed E-state index contributed by atoms with van der Waals surface area (Å²) < 4.78 is 10.4. The zero-order valence-corrected chi connectivity index (χ0v) is 20.5. The van der Waals surface area contributed by atoms with Crippen molar-refractivity contribution in [3.63, 3.8) is 0 Å². The SMILES string of the molecule is COc1ccc(-c2nc3ccc(C(=O)OCC(=O)Nc4nc(-c5ccccc5Cl)cs4)cc3[nH]2)cc1. The highest BCUT2D eigenvalue weighted by atomic mass is 35.5. The Morgan fingerprint density at radius 3 is 2.64 bits per heavy atom. The van der Waals surface area contributed by atoms with Gasteiger partial charge in [-0.1, -0.05) is 29.8 Å². The van der Waals surface area contributed by atoms with E-state index in [0.29, 0.717) is 38.3 Å². The fraction of sp³-hybridized carbons (Fsp3) is 0.0769. The summed E-state index contributed by atoms with van der Waals surface area (Å²) in [6.45, 7) is -0.446. The molecule has 0 radical (unpaired) electrons. The maximum Gasteiger partial charge on any atom is 0.338 e. The number of fused-ring (bicyclic) bond motifs is 1. The molecule has 0 spiro atoms. The van der Waals surface area contributed by atoms with Crippen LogP contribution in [0, 0.1) is 0 Å². The lowest BCUT2D eigenvalue weighted by molar-refractivity contribution is -0.119. The molecular weight excluding hydrogens is 500 g/mol. The Bertz CT molecular complexity index is 1560. The van der Waals surface area contributed by atoms with Crippen LogP contribution >= 0.6 is 22.9 Å². The maximum absolute atomic E-state index is 12.5. The summed E-state index contributed by atoms with van der Waals surface area (Å²) in [5, 5.41) is 5.39. The number of imidazole rings is 1. The van der Waals surface area contributed by atoms with Crippen molar-refractivity contribution in [1.82, 2.24) is 15.0 Å². The lowest BCUT2D eigenvalue weighted by atomic mass is 10.2. The monoisotopic (exact) mass is 518 g/mol. The second-order valence-corrected chi connectivity index (χ2v) is 8.95. The molecule has 10 heteroatoms. The van der Waals surface area contributed by atoms with Crippen molar-refractivity contribution in [1.29, 1.82) is 0 Å². The van der Waals surface area contributed by atoms with Gasteiger partial charge in [0.05, 0.1) is 29.4 Å². The Hall–Kier alpha value is -4.21. The molecule has 0 saturated heterocycles. The molecule has 2 aromatic heterocycles. The quantitative estimate of drug-likeness (QED) is 0.263. The summed E-state index contributed by atoms with van der Waals surface area (Å²) in [5.74, 6) is 0.299. The molecule has 180 valence electrons. The van der Waals surface area contributed by atoms with E-state index in [4.69, 9.17) is 21.1 Å². The largest absolute Gasteiger partial charge is 0.497 e. The molecule has 0 fully saturated rings. The molecule has 0 aliphatic heterocycles. The van der Waals surface area contributed by atoms with Crippen LogP contribution in [-0.2, 0) is 9.53 Å². The van der Waals surface area contributed by atoms with Crippen molar-refractivity contribution in [3.05, 3.63) is 82.7 Å². The first-order valence-corrected chi connectivity index (χ1v) is 12.1. The maximum atomic E-state index is 12.5. The van der Waals surface area contributed by atoms with Gasteiger partial charge < -0.3 is 14.5 Å². The standard InChI is InChI=1S/C26H19ClN4O4S/c1-34-17-9-6-15(7-10-17)24-28-20-11-8-16(12-21(20)29-24)25(33)35-13-23(32)31-26-30-22(14-36-26)18-4-2-3-5-19(18)27/h2-12,14H,13H2,1H3,(H,28,29)(H,30,31,32). The normalized spacial score (nSPS) is 10.8. The number of anilines is 1. The Balaban J connectivity index is 1.21. The zero-order chi connectivity index (χ0) is 25.1. The number of carbonyl (C=O) groups excluding carboxylic acids is 2. The lowest BCUT2D eigenvalue weighted by Gasteiger charge is -2.05. The number of aromatic amines is 1. The van der Waals surface area contributed by atoms with E-state index in [0.717, 1.165) is 16.9 Å². The predicted octanol–water partition coefficient (Wildman–Crippen LogP) is 5.81. The molecule has 0 bridgehead atoms. The lowest BCUT2D eigenvalue weighted by Crippen LogP contribution is -2.20. The fourth-order valence-corrected chi connectivity index (χ4v) is 4.48. The van der Waals surface area contributed by atoms with Gasteiger partial charge >= 0.3 is 5.97 Å². The van der Waals surface area contributed by atoms with E-state index in [-0.39, 0.29) is 0 Å². The van der Waals surface area contributed by atoms with Crippen LogP contribution in [0.4, 0.5) is 5.13 Å². The zero-order valence-electron chi connectivity index (χ0n) is 18.9. The minimum absolute atomic E-state index is 0.301. The summed E-state index contributed by atoms with van der Waals surface area (Å²) in [6, 6.07) is 19.8. The van der Waals surface area contributed by atoms with Crippen molar-refractivity contribution in [2.24, 2.45) is 0 Å². The molecule has 1 amide bonds. The van der Waals surface area contributed by atoms with E-state index in [1.165, 1.54) is 11.3 Å². The summed E-state index contributed by atoms with van der Waals surface area (Å²) in [6.07, 6.45) is 0. The van der Waals surface area contributed by atoms with E-state index in [2.05, 4.69) is 20.3 Å². The van der Waals surface area contributed by atoms with Crippen molar-refractivity contribution in [2.75, 3.05) is 19.0 Å². The number of aromatic nitrogens is 3. The van der Waals surface area contributed by atoms with Gasteiger partial charge in [-0.05, 0) is 48.5 Å². The number of rotatable bonds is 7. The topological polar surface area (TPSA) is 106 Å². The second kappa shape index (κ2) is 10.2. The number of thiazole rings is 1. The highest BCUT2D eigenvalue weighted by Crippen LogP contribution is 2.30. The number of H-pyrrole nitrogens is 1. The number of halogens is 1. The number of benzene rings is 3. The van der Waals surface area contributed by atoms with Gasteiger partial charge in [0.25, 0.3) is 5.91 Å².